The molecule has 184 valence electrons. The number of carbonyl (C=O) groups is 1. The quantitative estimate of drug-likeness (QED) is 0.548. The Labute approximate surface area is 204 Å². The molecule has 4 rings (SSSR count). The number of hydrogen-bond acceptors (Lipinski definition) is 7. The fourth-order valence-electron chi connectivity index (χ4n) is 4.62. The second-order valence-corrected chi connectivity index (χ2v) is 11.2. The molecule has 1 aromatic carbocycles. The van der Waals surface area contributed by atoms with Gasteiger partial charge in [0.2, 0.25) is 0 Å². The molecule has 0 aliphatic carbocycles. The zero-order chi connectivity index (χ0) is 25.5. The van der Waals surface area contributed by atoms with Crippen LogP contribution in [0.4, 0.5) is 16.0 Å². The number of anilines is 2. The lowest BCUT2D eigenvalue weighted by Crippen LogP contribution is -2.41. The Kier molecular flexibility index (Phi) is 6.27. The van der Waals surface area contributed by atoms with Crippen LogP contribution in [0.25, 0.3) is 11.3 Å². The number of pyridine rings is 2. The fraction of sp³-hybridized carbons (Fsp3) is 0.320. The highest BCUT2D eigenvalue weighted by Crippen LogP contribution is 2.38. The molecule has 2 aromatic heterocycles. The first-order valence-corrected chi connectivity index (χ1v) is 12.7. The lowest BCUT2D eigenvalue weighted by atomic mass is 9.97. The summed E-state index contributed by atoms with van der Waals surface area (Å²) in [7, 11) is -4.27. The SMILES string of the molecule is Cc1ccc(F)cc1-c1ccc(C(=O)NS(=O)(=O)c2cccc(N)n2)c(N2C[C@@H](C)CC2(C)C)n1. The number of halogens is 1. The molecule has 0 radical (unpaired) electrons. The Morgan fingerprint density at radius 1 is 1.17 bits per heavy atom. The van der Waals surface area contributed by atoms with Crippen molar-refractivity contribution in [3.05, 3.63) is 65.5 Å². The van der Waals surface area contributed by atoms with E-state index in [1.807, 2.05) is 25.7 Å². The van der Waals surface area contributed by atoms with Crippen LogP contribution < -0.4 is 15.4 Å². The van der Waals surface area contributed by atoms with Crippen molar-refractivity contribution in [2.24, 2.45) is 5.92 Å². The molecule has 10 heteroatoms. The molecule has 3 N–H and O–H groups in total. The van der Waals surface area contributed by atoms with Gasteiger partial charge in [0.25, 0.3) is 15.9 Å². The van der Waals surface area contributed by atoms with Crippen LogP contribution in [0, 0.1) is 18.7 Å². The molecule has 1 amide bonds. The monoisotopic (exact) mass is 497 g/mol. The van der Waals surface area contributed by atoms with Gasteiger partial charge in [0.1, 0.15) is 17.5 Å². The van der Waals surface area contributed by atoms with Crippen LogP contribution in [0.3, 0.4) is 0 Å². The highest BCUT2D eigenvalue weighted by molar-refractivity contribution is 7.90. The average molecular weight is 498 g/mol. The number of rotatable bonds is 5. The number of nitrogens with zero attached hydrogens (tertiary/aromatic N) is 3. The predicted octanol–water partition coefficient (Wildman–Crippen LogP) is 3.92. The molecule has 0 saturated carbocycles. The standard InChI is InChI=1S/C25H28FN5O3S/c1-15-13-25(3,4)31(14-15)23-18(10-11-20(28-23)19-12-17(26)9-8-16(19)2)24(32)30-35(33,34)22-7-5-6-21(27)29-22/h5-12,15H,13-14H2,1-4H3,(H2,27,29)(H,30,32)/t15-/m0/s1. The van der Waals surface area contributed by atoms with Crippen molar-refractivity contribution in [1.29, 1.82) is 0 Å². The van der Waals surface area contributed by atoms with Crippen LogP contribution in [0.15, 0.2) is 53.6 Å². The number of nitrogens with two attached hydrogens (primary N) is 1. The minimum absolute atomic E-state index is 0.0188. The normalized spacial score (nSPS) is 17.4. The van der Waals surface area contributed by atoms with E-state index >= 15 is 0 Å². The van der Waals surface area contributed by atoms with Gasteiger partial charge in [-0.3, -0.25) is 4.79 Å². The molecule has 1 aliphatic rings. The highest BCUT2D eigenvalue weighted by atomic mass is 32.2. The number of amides is 1. The molecule has 0 bridgehead atoms. The first-order chi connectivity index (χ1) is 16.4. The van der Waals surface area contributed by atoms with Crippen molar-refractivity contribution in [1.82, 2.24) is 14.7 Å². The number of sulfonamides is 1. The zero-order valence-corrected chi connectivity index (χ0v) is 20.9. The van der Waals surface area contributed by atoms with E-state index in [4.69, 9.17) is 10.7 Å². The number of aromatic nitrogens is 2. The van der Waals surface area contributed by atoms with Crippen LogP contribution in [-0.4, -0.2) is 36.4 Å². The molecular weight excluding hydrogens is 469 g/mol. The first-order valence-electron chi connectivity index (χ1n) is 11.2. The van der Waals surface area contributed by atoms with E-state index in [2.05, 4.69) is 16.6 Å². The summed E-state index contributed by atoms with van der Waals surface area (Å²) in [5.74, 6) is -0.539. The number of nitrogens with one attached hydrogen (secondary N) is 1. The third-order valence-corrected chi connectivity index (χ3v) is 7.40. The maximum absolute atomic E-state index is 14.0. The van der Waals surface area contributed by atoms with E-state index in [9.17, 15) is 17.6 Å². The molecule has 35 heavy (non-hydrogen) atoms. The Morgan fingerprint density at radius 2 is 1.91 bits per heavy atom. The van der Waals surface area contributed by atoms with Crippen molar-refractivity contribution in [2.45, 2.75) is 44.7 Å². The van der Waals surface area contributed by atoms with Crippen molar-refractivity contribution >= 4 is 27.6 Å². The topological polar surface area (TPSA) is 118 Å². The van der Waals surface area contributed by atoms with Crippen LogP contribution in [0.1, 0.15) is 43.1 Å². The molecular formula is C25H28FN5O3S. The van der Waals surface area contributed by atoms with Crippen molar-refractivity contribution in [2.75, 3.05) is 17.2 Å². The first kappa shape index (κ1) is 24.6. The number of aryl methyl sites for hydroxylation is 1. The van der Waals surface area contributed by atoms with E-state index in [1.165, 1.54) is 36.4 Å². The summed E-state index contributed by atoms with van der Waals surface area (Å²) in [4.78, 5) is 23.9. The van der Waals surface area contributed by atoms with E-state index < -0.39 is 21.7 Å². The summed E-state index contributed by atoms with van der Waals surface area (Å²) >= 11 is 0. The van der Waals surface area contributed by atoms with Gasteiger partial charge in [-0.05, 0) is 75.1 Å². The maximum atomic E-state index is 14.0. The average Bonchev–Trinajstić information content (AvgIpc) is 3.06. The van der Waals surface area contributed by atoms with Crippen LogP contribution in [0.5, 0.6) is 0 Å². The van der Waals surface area contributed by atoms with Gasteiger partial charge in [-0.25, -0.2) is 19.1 Å². The molecule has 1 fully saturated rings. The molecule has 1 atom stereocenters. The van der Waals surface area contributed by atoms with Crippen LogP contribution in [0.2, 0.25) is 0 Å². The third-order valence-electron chi connectivity index (χ3n) is 6.17. The van der Waals surface area contributed by atoms with Crippen LogP contribution >= 0.6 is 0 Å². The number of hydrogen-bond donors (Lipinski definition) is 2. The third kappa shape index (κ3) is 4.97. The minimum atomic E-state index is -4.27. The lowest BCUT2D eigenvalue weighted by Gasteiger charge is -2.34. The Balaban J connectivity index is 1.80. The fourth-order valence-corrected chi connectivity index (χ4v) is 5.56. The number of nitrogen functional groups attached to an aromatic ring is 1. The summed E-state index contributed by atoms with van der Waals surface area (Å²) in [6.45, 7) is 8.69. The lowest BCUT2D eigenvalue weighted by molar-refractivity contribution is 0.0981. The molecule has 1 aliphatic heterocycles. The Bertz CT molecular complexity index is 1410. The minimum Gasteiger partial charge on any atom is -0.384 e. The second kappa shape index (κ2) is 8.92. The van der Waals surface area contributed by atoms with E-state index in [0.29, 0.717) is 29.5 Å². The number of carbonyl (C=O) groups excluding carboxylic acids is 1. The summed E-state index contributed by atoms with van der Waals surface area (Å²) in [6, 6.07) is 11.7. The molecule has 0 unspecified atom stereocenters. The van der Waals surface area contributed by atoms with Gasteiger partial charge in [-0.1, -0.05) is 19.1 Å². The summed E-state index contributed by atoms with van der Waals surface area (Å²) in [6.07, 6.45) is 0.866. The molecule has 8 nitrogen and oxygen atoms in total. The van der Waals surface area contributed by atoms with Gasteiger partial charge in [0.05, 0.1) is 11.3 Å². The predicted molar refractivity (Wildman–Crippen MR) is 133 cm³/mol. The zero-order valence-electron chi connectivity index (χ0n) is 20.0. The van der Waals surface area contributed by atoms with Gasteiger partial charge in [0.15, 0.2) is 5.03 Å². The Hall–Kier alpha value is -3.53. The second-order valence-electron chi connectivity index (χ2n) is 9.59. The van der Waals surface area contributed by atoms with Gasteiger partial charge >= 0.3 is 0 Å². The summed E-state index contributed by atoms with van der Waals surface area (Å²) < 4.78 is 41.7. The molecule has 3 heterocycles. The number of benzene rings is 1. The van der Waals surface area contributed by atoms with Crippen molar-refractivity contribution < 1.29 is 17.6 Å². The van der Waals surface area contributed by atoms with Crippen molar-refractivity contribution in [3.63, 3.8) is 0 Å². The van der Waals surface area contributed by atoms with E-state index in [1.54, 1.807) is 12.1 Å². The van der Waals surface area contributed by atoms with Gasteiger partial charge in [-0.15, -0.1) is 0 Å². The summed E-state index contributed by atoms with van der Waals surface area (Å²) in [5.41, 5.74) is 7.29. The van der Waals surface area contributed by atoms with Gasteiger partial charge in [0, 0.05) is 17.6 Å². The summed E-state index contributed by atoms with van der Waals surface area (Å²) in [5, 5.41) is -0.359. The van der Waals surface area contributed by atoms with E-state index in [0.717, 1.165) is 12.0 Å². The van der Waals surface area contributed by atoms with Crippen molar-refractivity contribution in [3.8, 4) is 11.3 Å². The van der Waals surface area contributed by atoms with Crippen LogP contribution in [-0.2, 0) is 10.0 Å². The van der Waals surface area contributed by atoms with E-state index in [-0.39, 0.29) is 21.9 Å². The molecule has 0 spiro atoms. The molecule has 3 aromatic rings. The maximum Gasteiger partial charge on any atom is 0.281 e. The Morgan fingerprint density at radius 3 is 2.57 bits per heavy atom. The van der Waals surface area contributed by atoms with Gasteiger partial charge in [-0.2, -0.15) is 8.42 Å². The highest BCUT2D eigenvalue weighted by Gasteiger charge is 2.39. The molecule has 1 saturated heterocycles. The van der Waals surface area contributed by atoms with Gasteiger partial charge < -0.3 is 10.6 Å². The smallest absolute Gasteiger partial charge is 0.281 e. The largest absolute Gasteiger partial charge is 0.384 e.